The van der Waals surface area contributed by atoms with E-state index in [4.69, 9.17) is 0 Å². The van der Waals surface area contributed by atoms with Gasteiger partial charge in [0.25, 0.3) is 5.91 Å². The number of aryl methyl sites for hydroxylation is 1. The fraction of sp³-hybridized carbons (Fsp3) is 0.0625. The molecule has 0 aliphatic rings. The second kappa shape index (κ2) is 5.46. The minimum absolute atomic E-state index is 0.122. The van der Waals surface area contributed by atoms with Crippen molar-refractivity contribution in [2.45, 2.75) is 6.92 Å². The molecule has 1 N–H and O–H groups in total. The van der Waals surface area contributed by atoms with Crippen molar-refractivity contribution in [1.29, 1.82) is 0 Å². The molecule has 3 aromatic rings. The number of carbonyl (C=O) groups excluding carboxylic acids is 1. The van der Waals surface area contributed by atoms with E-state index in [9.17, 15) is 18.0 Å². The first-order valence-corrected chi connectivity index (χ1v) is 7.23. The highest BCUT2D eigenvalue weighted by Gasteiger charge is 2.18. The third-order valence-corrected chi connectivity index (χ3v) is 4.54. The van der Waals surface area contributed by atoms with Crippen LogP contribution in [-0.4, -0.2) is 5.91 Å². The Kier molecular flexibility index (Phi) is 3.62. The Labute approximate surface area is 128 Å². The standard InChI is InChI=1S/C16H10F3NOS/c1-8-14-10(18)3-2-4-13(14)22-15(8)16(21)20-12-6-5-9(17)7-11(12)19/h2-7H,1H3,(H,20,21). The monoisotopic (exact) mass is 321 g/mol. The van der Waals surface area contributed by atoms with Gasteiger partial charge in [-0.05, 0) is 36.8 Å². The molecule has 6 heteroatoms. The molecule has 3 rings (SSSR count). The van der Waals surface area contributed by atoms with Crippen molar-refractivity contribution in [1.82, 2.24) is 0 Å². The fourth-order valence-electron chi connectivity index (χ4n) is 2.24. The number of fused-ring (bicyclic) bond motifs is 1. The molecule has 0 fully saturated rings. The molecule has 0 aliphatic heterocycles. The SMILES string of the molecule is Cc1c(C(=O)Nc2ccc(F)cc2F)sc2cccc(F)c12. The molecule has 2 nitrogen and oxygen atoms in total. The summed E-state index contributed by atoms with van der Waals surface area (Å²) >= 11 is 1.13. The number of nitrogens with one attached hydrogen (secondary N) is 1. The third-order valence-electron chi connectivity index (χ3n) is 3.29. The van der Waals surface area contributed by atoms with Crippen molar-refractivity contribution < 1.29 is 18.0 Å². The second-order valence-corrected chi connectivity index (χ2v) is 5.80. The maximum atomic E-state index is 13.8. The highest BCUT2D eigenvalue weighted by molar-refractivity contribution is 7.21. The highest BCUT2D eigenvalue weighted by atomic mass is 32.1. The molecule has 2 aromatic carbocycles. The van der Waals surface area contributed by atoms with E-state index in [1.54, 1.807) is 19.1 Å². The van der Waals surface area contributed by atoms with Gasteiger partial charge in [-0.25, -0.2) is 13.2 Å². The van der Waals surface area contributed by atoms with Crippen LogP contribution in [0.15, 0.2) is 36.4 Å². The Hall–Kier alpha value is -2.34. The van der Waals surface area contributed by atoms with E-state index in [2.05, 4.69) is 5.32 Å². The maximum Gasteiger partial charge on any atom is 0.266 e. The van der Waals surface area contributed by atoms with Crippen LogP contribution >= 0.6 is 11.3 Å². The number of benzene rings is 2. The zero-order chi connectivity index (χ0) is 15.9. The van der Waals surface area contributed by atoms with Crippen molar-refractivity contribution in [3.05, 3.63) is 64.3 Å². The van der Waals surface area contributed by atoms with Crippen LogP contribution in [0, 0.1) is 24.4 Å². The van der Waals surface area contributed by atoms with Gasteiger partial charge in [0.1, 0.15) is 17.5 Å². The molecule has 0 aliphatic carbocycles. The summed E-state index contributed by atoms with van der Waals surface area (Å²) in [4.78, 5) is 12.6. The van der Waals surface area contributed by atoms with E-state index >= 15 is 0 Å². The first-order valence-electron chi connectivity index (χ1n) is 6.41. The Morgan fingerprint density at radius 2 is 1.86 bits per heavy atom. The second-order valence-electron chi connectivity index (χ2n) is 4.75. The van der Waals surface area contributed by atoms with E-state index in [1.807, 2.05) is 0 Å². The molecule has 1 aromatic heterocycles. The molecular formula is C16H10F3NOS. The number of hydrogen-bond acceptors (Lipinski definition) is 2. The van der Waals surface area contributed by atoms with Crippen molar-refractivity contribution in [2.24, 2.45) is 0 Å². The molecule has 0 saturated carbocycles. The number of amides is 1. The van der Waals surface area contributed by atoms with Crippen LogP contribution in [0.4, 0.5) is 18.9 Å². The van der Waals surface area contributed by atoms with Crippen LogP contribution in [0.2, 0.25) is 0 Å². The van der Waals surface area contributed by atoms with Gasteiger partial charge in [0.15, 0.2) is 0 Å². The topological polar surface area (TPSA) is 29.1 Å². The zero-order valence-electron chi connectivity index (χ0n) is 11.4. The molecule has 0 bridgehead atoms. The van der Waals surface area contributed by atoms with Crippen LogP contribution < -0.4 is 5.32 Å². The molecule has 0 unspecified atom stereocenters. The quantitative estimate of drug-likeness (QED) is 0.716. The predicted octanol–water partition coefficient (Wildman–Crippen LogP) is 4.88. The molecule has 0 saturated heterocycles. The van der Waals surface area contributed by atoms with Crippen molar-refractivity contribution in [3.8, 4) is 0 Å². The number of hydrogen-bond donors (Lipinski definition) is 1. The Morgan fingerprint density at radius 1 is 1.09 bits per heavy atom. The largest absolute Gasteiger partial charge is 0.319 e. The van der Waals surface area contributed by atoms with Gasteiger partial charge in [0.2, 0.25) is 0 Å². The maximum absolute atomic E-state index is 13.8. The molecular weight excluding hydrogens is 311 g/mol. The first kappa shape index (κ1) is 14.6. The minimum Gasteiger partial charge on any atom is -0.319 e. The average Bonchev–Trinajstić information content (AvgIpc) is 2.80. The van der Waals surface area contributed by atoms with Crippen LogP contribution in [-0.2, 0) is 0 Å². The van der Waals surface area contributed by atoms with Crippen molar-refractivity contribution in [2.75, 3.05) is 5.32 Å². The van der Waals surface area contributed by atoms with Gasteiger partial charge in [-0.1, -0.05) is 6.07 Å². The number of rotatable bonds is 2. The number of anilines is 1. The average molecular weight is 321 g/mol. The summed E-state index contributed by atoms with van der Waals surface area (Å²) in [5, 5.41) is 2.77. The van der Waals surface area contributed by atoms with Gasteiger partial charge in [-0.3, -0.25) is 4.79 Å². The lowest BCUT2D eigenvalue weighted by molar-refractivity contribution is 0.102. The van der Waals surface area contributed by atoms with Gasteiger partial charge >= 0.3 is 0 Å². The zero-order valence-corrected chi connectivity index (χ0v) is 12.2. The van der Waals surface area contributed by atoms with Crippen LogP contribution in [0.1, 0.15) is 15.2 Å². The van der Waals surface area contributed by atoms with Gasteiger partial charge in [0.05, 0.1) is 10.6 Å². The van der Waals surface area contributed by atoms with Crippen molar-refractivity contribution >= 4 is 33.0 Å². The van der Waals surface area contributed by atoms with E-state index < -0.39 is 23.4 Å². The summed E-state index contributed by atoms with van der Waals surface area (Å²) in [5.74, 6) is -2.55. The summed E-state index contributed by atoms with van der Waals surface area (Å²) in [6.07, 6.45) is 0. The van der Waals surface area contributed by atoms with Crippen LogP contribution in [0.5, 0.6) is 0 Å². The summed E-state index contributed by atoms with van der Waals surface area (Å²) in [5.41, 5.74) is 0.377. The van der Waals surface area contributed by atoms with E-state index in [0.29, 0.717) is 26.6 Å². The fourth-order valence-corrected chi connectivity index (χ4v) is 3.36. The first-order chi connectivity index (χ1) is 10.5. The molecule has 0 radical (unpaired) electrons. The highest BCUT2D eigenvalue weighted by Crippen LogP contribution is 2.33. The molecule has 112 valence electrons. The van der Waals surface area contributed by atoms with Gasteiger partial charge in [0, 0.05) is 16.2 Å². The van der Waals surface area contributed by atoms with Gasteiger partial charge in [-0.2, -0.15) is 0 Å². The number of carbonyl (C=O) groups is 1. The smallest absolute Gasteiger partial charge is 0.266 e. The van der Waals surface area contributed by atoms with Crippen LogP contribution in [0.25, 0.3) is 10.1 Å². The van der Waals surface area contributed by atoms with Crippen LogP contribution in [0.3, 0.4) is 0 Å². The van der Waals surface area contributed by atoms with E-state index in [0.717, 1.165) is 23.5 Å². The Balaban J connectivity index is 1.99. The summed E-state index contributed by atoms with van der Waals surface area (Å²) in [6, 6.07) is 7.48. The third kappa shape index (κ3) is 2.46. The lowest BCUT2D eigenvalue weighted by Gasteiger charge is -2.05. The normalized spacial score (nSPS) is 10.9. The van der Waals surface area contributed by atoms with E-state index in [1.165, 1.54) is 6.07 Å². The lowest BCUT2D eigenvalue weighted by Crippen LogP contribution is -2.12. The molecule has 22 heavy (non-hydrogen) atoms. The summed E-state index contributed by atoms with van der Waals surface area (Å²) in [6.45, 7) is 1.64. The van der Waals surface area contributed by atoms with E-state index in [-0.39, 0.29) is 5.69 Å². The number of thiophene rings is 1. The molecule has 1 heterocycles. The predicted molar refractivity (Wildman–Crippen MR) is 80.8 cm³/mol. The Bertz CT molecular complexity index is 888. The lowest BCUT2D eigenvalue weighted by atomic mass is 10.1. The molecule has 1 amide bonds. The number of halogens is 3. The Morgan fingerprint density at radius 3 is 2.55 bits per heavy atom. The molecule has 0 atom stereocenters. The summed E-state index contributed by atoms with van der Waals surface area (Å²) in [7, 11) is 0. The van der Waals surface area contributed by atoms with Gasteiger partial charge in [-0.15, -0.1) is 11.3 Å². The minimum atomic E-state index is -0.863. The molecule has 0 spiro atoms. The summed E-state index contributed by atoms with van der Waals surface area (Å²) < 4.78 is 40.9. The van der Waals surface area contributed by atoms with Crippen molar-refractivity contribution in [3.63, 3.8) is 0 Å². The van der Waals surface area contributed by atoms with Gasteiger partial charge < -0.3 is 5.32 Å².